The minimum atomic E-state index is -0.614. The van der Waals surface area contributed by atoms with Crippen LogP contribution in [0.2, 0.25) is 5.02 Å². The number of fused-ring (bicyclic) bond motifs is 2. The van der Waals surface area contributed by atoms with Crippen molar-refractivity contribution in [3.63, 3.8) is 0 Å². The summed E-state index contributed by atoms with van der Waals surface area (Å²) in [5, 5.41) is 0.594. The normalized spacial score (nSPS) is 23.8. The smallest absolute Gasteiger partial charge is 0.333 e. The molecule has 1 aromatic carbocycles. The van der Waals surface area contributed by atoms with Gasteiger partial charge in [-0.1, -0.05) is 35.9 Å². The minimum absolute atomic E-state index is 0.0729. The van der Waals surface area contributed by atoms with Crippen LogP contribution in [0, 0.1) is 11.3 Å². The molecule has 2 atom stereocenters. The van der Waals surface area contributed by atoms with Crippen LogP contribution in [0.5, 0.6) is 0 Å². The number of nitrogens with one attached hydrogen (secondary N) is 1. The molecule has 0 spiro atoms. The van der Waals surface area contributed by atoms with E-state index in [0.717, 1.165) is 29.2 Å². The summed E-state index contributed by atoms with van der Waals surface area (Å²) in [4.78, 5) is 37.4. The third kappa shape index (κ3) is 3.64. The molecule has 2 aromatic heterocycles. The van der Waals surface area contributed by atoms with Gasteiger partial charge in [0.05, 0.1) is 24.4 Å². The van der Waals surface area contributed by atoms with Gasteiger partial charge in [0.1, 0.15) is 4.70 Å². The standard InChI is InChI=1S/C26H23ClN4O3S/c1-26-13-17(30-8-10-34-11-9-30)7-6-16(26)14-28-15-22(26)31-24(32)23-20(29-25(31)33)12-21(35-23)18-4-2-3-5-19(18)27/h2-7,12-16H,8-11H2,1H3,(H,29,33). The molecule has 6 rings (SSSR count). The van der Waals surface area contributed by atoms with E-state index < -0.39 is 11.1 Å². The Kier molecular flexibility index (Phi) is 5.40. The van der Waals surface area contributed by atoms with E-state index in [1.807, 2.05) is 36.5 Å². The van der Waals surface area contributed by atoms with Crippen LogP contribution in [-0.4, -0.2) is 47.0 Å². The van der Waals surface area contributed by atoms with Gasteiger partial charge in [-0.25, -0.2) is 9.36 Å². The van der Waals surface area contributed by atoms with E-state index in [-0.39, 0.29) is 11.5 Å². The Bertz CT molecular complexity index is 1570. The Morgan fingerprint density at radius 2 is 2.03 bits per heavy atom. The average Bonchev–Trinajstić information content (AvgIpc) is 3.28. The van der Waals surface area contributed by atoms with Crippen LogP contribution in [0.3, 0.4) is 0 Å². The molecule has 0 saturated carbocycles. The fourth-order valence-corrected chi connectivity index (χ4v) is 6.36. The number of hydrogen-bond acceptors (Lipinski definition) is 6. The number of allylic oxidation sites excluding steroid dienone is 4. The lowest BCUT2D eigenvalue weighted by Crippen LogP contribution is -2.44. The van der Waals surface area contributed by atoms with Gasteiger partial charge in [-0.05, 0) is 31.2 Å². The van der Waals surface area contributed by atoms with Gasteiger partial charge in [-0.3, -0.25) is 9.79 Å². The number of H-pyrrole nitrogens is 1. The van der Waals surface area contributed by atoms with E-state index in [1.165, 1.54) is 15.9 Å². The lowest BCUT2D eigenvalue weighted by Gasteiger charge is -2.41. The van der Waals surface area contributed by atoms with Crippen molar-refractivity contribution in [2.45, 2.75) is 6.92 Å². The summed E-state index contributed by atoms with van der Waals surface area (Å²) < 4.78 is 7.22. The second-order valence-corrected chi connectivity index (χ2v) is 10.5. The predicted octanol–water partition coefficient (Wildman–Crippen LogP) is 4.36. The van der Waals surface area contributed by atoms with E-state index in [4.69, 9.17) is 16.3 Å². The molecule has 0 bridgehead atoms. The van der Waals surface area contributed by atoms with Crippen LogP contribution in [0.15, 0.2) is 75.0 Å². The number of halogens is 1. The first-order valence-electron chi connectivity index (χ1n) is 11.5. The van der Waals surface area contributed by atoms with Crippen molar-refractivity contribution in [1.82, 2.24) is 14.5 Å². The molecule has 3 aliphatic rings. The third-order valence-electron chi connectivity index (χ3n) is 6.94. The van der Waals surface area contributed by atoms with Gasteiger partial charge in [0, 0.05) is 58.0 Å². The van der Waals surface area contributed by atoms with Crippen molar-refractivity contribution in [2.75, 3.05) is 26.3 Å². The number of rotatable bonds is 3. The van der Waals surface area contributed by atoms with Gasteiger partial charge >= 0.3 is 5.69 Å². The summed E-state index contributed by atoms with van der Waals surface area (Å²) in [5.41, 5.74) is 1.50. The van der Waals surface area contributed by atoms with Crippen molar-refractivity contribution < 1.29 is 4.74 Å². The average molecular weight is 507 g/mol. The second-order valence-electron chi connectivity index (χ2n) is 9.05. The number of ether oxygens (including phenoxy) is 1. The fraction of sp³-hybridized carbons (Fsp3) is 0.269. The Hall–Kier alpha value is -3.20. The Morgan fingerprint density at radius 3 is 2.83 bits per heavy atom. The number of thiophene rings is 1. The van der Waals surface area contributed by atoms with E-state index in [0.29, 0.717) is 34.2 Å². The monoisotopic (exact) mass is 506 g/mol. The molecule has 7 nitrogen and oxygen atoms in total. The molecule has 1 N–H and O–H groups in total. The summed E-state index contributed by atoms with van der Waals surface area (Å²) >= 11 is 7.71. The molecule has 0 amide bonds. The second kappa shape index (κ2) is 8.48. The highest BCUT2D eigenvalue weighted by molar-refractivity contribution is 7.22. The molecular weight excluding hydrogens is 484 g/mol. The van der Waals surface area contributed by atoms with Gasteiger partial charge in [0.25, 0.3) is 5.56 Å². The van der Waals surface area contributed by atoms with Gasteiger partial charge in [0.2, 0.25) is 0 Å². The minimum Gasteiger partial charge on any atom is -0.378 e. The van der Waals surface area contributed by atoms with Crippen LogP contribution >= 0.6 is 22.9 Å². The SMILES string of the molecule is CC12C=C(N3CCOCC3)C=CC1C=NC=C2n1c(=O)[nH]c2cc(-c3ccccc3Cl)sc2c1=O. The maximum Gasteiger partial charge on any atom is 0.333 e. The number of aromatic amines is 1. The quantitative estimate of drug-likeness (QED) is 0.572. The maximum absolute atomic E-state index is 13.7. The maximum atomic E-state index is 13.7. The molecule has 4 heterocycles. The Labute approximate surface area is 210 Å². The molecule has 1 aliphatic carbocycles. The highest BCUT2D eigenvalue weighted by Gasteiger charge is 2.41. The molecule has 1 fully saturated rings. The molecule has 3 aromatic rings. The van der Waals surface area contributed by atoms with Crippen molar-refractivity contribution in [3.8, 4) is 10.4 Å². The number of hydrogen-bond donors (Lipinski definition) is 1. The largest absolute Gasteiger partial charge is 0.378 e. The van der Waals surface area contributed by atoms with Gasteiger partial charge in [0.15, 0.2) is 0 Å². The zero-order valence-corrected chi connectivity index (χ0v) is 20.6. The highest BCUT2D eigenvalue weighted by atomic mass is 35.5. The zero-order chi connectivity index (χ0) is 24.2. The first-order valence-corrected chi connectivity index (χ1v) is 12.7. The van der Waals surface area contributed by atoms with Gasteiger partial charge < -0.3 is 14.6 Å². The van der Waals surface area contributed by atoms with Crippen molar-refractivity contribution in [1.29, 1.82) is 0 Å². The van der Waals surface area contributed by atoms with Crippen molar-refractivity contribution in [3.05, 3.63) is 86.3 Å². The number of benzene rings is 1. The van der Waals surface area contributed by atoms with Crippen molar-refractivity contribution in [2.24, 2.45) is 16.3 Å². The van der Waals surface area contributed by atoms with Gasteiger partial charge in [-0.15, -0.1) is 11.3 Å². The van der Waals surface area contributed by atoms with E-state index in [2.05, 4.69) is 40.0 Å². The fourth-order valence-electron chi connectivity index (χ4n) is 4.99. The van der Waals surface area contributed by atoms with E-state index >= 15 is 0 Å². The molecular formula is C26H23ClN4O3S. The Balaban J connectivity index is 1.48. The van der Waals surface area contributed by atoms with Gasteiger partial charge in [-0.2, -0.15) is 0 Å². The molecule has 2 aliphatic heterocycles. The zero-order valence-electron chi connectivity index (χ0n) is 19.0. The molecule has 0 radical (unpaired) electrons. The lowest BCUT2D eigenvalue weighted by atomic mass is 9.70. The van der Waals surface area contributed by atoms with Crippen molar-refractivity contribution >= 4 is 45.1 Å². The van der Waals surface area contributed by atoms with Crippen LogP contribution in [0.1, 0.15) is 6.92 Å². The predicted molar refractivity (Wildman–Crippen MR) is 141 cm³/mol. The molecule has 178 valence electrons. The highest BCUT2D eigenvalue weighted by Crippen LogP contribution is 2.45. The third-order valence-corrected chi connectivity index (χ3v) is 8.43. The van der Waals surface area contributed by atoms with E-state index in [9.17, 15) is 9.59 Å². The summed E-state index contributed by atoms with van der Waals surface area (Å²) in [6.07, 6.45) is 9.84. The molecule has 35 heavy (non-hydrogen) atoms. The van der Waals surface area contributed by atoms with Crippen LogP contribution in [0.4, 0.5) is 0 Å². The summed E-state index contributed by atoms with van der Waals surface area (Å²) in [6.45, 7) is 5.01. The number of aliphatic imine (C=N–C) groups is 1. The van der Waals surface area contributed by atoms with Crippen LogP contribution in [0.25, 0.3) is 26.4 Å². The summed E-state index contributed by atoms with van der Waals surface area (Å²) in [5.74, 6) is -0.0729. The molecule has 1 saturated heterocycles. The first kappa shape index (κ1) is 22.3. The number of aromatic nitrogens is 2. The van der Waals surface area contributed by atoms with Crippen LogP contribution in [-0.2, 0) is 4.74 Å². The molecule has 9 heteroatoms. The van der Waals surface area contributed by atoms with E-state index in [1.54, 1.807) is 6.20 Å². The number of nitrogens with zero attached hydrogens (tertiary/aromatic N) is 3. The first-order chi connectivity index (χ1) is 17.0. The lowest BCUT2D eigenvalue weighted by molar-refractivity contribution is 0.0546. The van der Waals surface area contributed by atoms with Crippen LogP contribution < -0.4 is 11.2 Å². The summed E-state index contributed by atoms with van der Waals surface area (Å²) in [6, 6.07) is 9.28. The summed E-state index contributed by atoms with van der Waals surface area (Å²) in [7, 11) is 0. The number of morpholine rings is 1. The Morgan fingerprint density at radius 1 is 1.23 bits per heavy atom. The molecule has 2 unspecified atom stereocenters. The topological polar surface area (TPSA) is 79.7 Å².